The molecule has 0 aromatic heterocycles. The van der Waals surface area contributed by atoms with Gasteiger partial charge in [-0.25, -0.2) is 0 Å². The quantitative estimate of drug-likeness (QED) is 0.547. The molecule has 0 radical (unpaired) electrons. The minimum Gasteiger partial charge on any atom is -0.328 e. The van der Waals surface area contributed by atoms with Crippen LogP contribution >= 0.6 is 19.2 Å². The molecule has 17 heavy (non-hydrogen) atoms. The molecule has 4 N–H and O–H groups in total. The number of hydrogen-bond donors (Lipinski definition) is 3. The molecule has 0 spiro atoms. The van der Waals surface area contributed by atoms with Crippen molar-refractivity contribution in [1.29, 1.82) is 0 Å². The minimum absolute atomic E-state index is 0.0181. The standard InChI is InChI=1S/C9H17N.C2H6ClO3P/c1-6(10)9-5-7-2-3-8(9)4-7;3-1-2-7(4,5)6/h6-9H,2-5,10H2,1H3;1-2H2,(H2,4,5,6). The fourth-order valence-corrected chi connectivity index (χ4v) is 3.93. The molecule has 4 nitrogen and oxygen atoms in total. The van der Waals surface area contributed by atoms with Crippen molar-refractivity contribution in [3.8, 4) is 0 Å². The van der Waals surface area contributed by atoms with Crippen molar-refractivity contribution in [2.45, 2.75) is 38.6 Å². The normalized spacial score (nSPS) is 33.1. The summed E-state index contributed by atoms with van der Waals surface area (Å²) in [5.41, 5.74) is 5.88. The predicted molar refractivity (Wildman–Crippen MR) is 70.2 cm³/mol. The molecule has 0 amide bonds. The van der Waals surface area contributed by atoms with Crippen LogP contribution in [0, 0.1) is 17.8 Å². The van der Waals surface area contributed by atoms with Crippen LogP contribution in [0.4, 0.5) is 0 Å². The maximum atomic E-state index is 9.84. The summed E-state index contributed by atoms with van der Waals surface area (Å²) in [5, 5.41) is 0. The Morgan fingerprint density at radius 2 is 2.06 bits per heavy atom. The third-order valence-electron chi connectivity index (χ3n) is 3.84. The highest BCUT2D eigenvalue weighted by Gasteiger charge is 2.40. The maximum Gasteiger partial charge on any atom is 0.326 e. The highest BCUT2D eigenvalue weighted by atomic mass is 35.5. The van der Waals surface area contributed by atoms with Crippen LogP contribution < -0.4 is 5.73 Å². The molecule has 0 heterocycles. The largest absolute Gasteiger partial charge is 0.328 e. The fraction of sp³-hybridized carbons (Fsp3) is 1.00. The number of alkyl halides is 1. The first-order valence-corrected chi connectivity index (χ1v) is 8.53. The summed E-state index contributed by atoms with van der Waals surface area (Å²) in [6.45, 7) is 2.17. The van der Waals surface area contributed by atoms with E-state index in [0.29, 0.717) is 6.04 Å². The molecule has 2 rings (SSSR count). The zero-order chi connectivity index (χ0) is 13.1. The number of rotatable bonds is 3. The van der Waals surface area contributed by atoms with Gasteiger partial charge in [0.1, 0.15) is 0 Å². The van der Waals surface area contributed by atoms with Gasteiger partial charge in [-0.3, -0.25) is 4.57 Å². The summed E-state index contributed by atoms with van der Waals surface area (Å²) in [7, 11) is -3.80. The van der Waals surface area contributed by atoms with Gasteiger partial charge in [0.15, 0.2) is 0 Å². The van der Waals surface area contributed by atoms with Crippen LogP contribution in [0.3, 0.4) is 0 Å². The zero-order valence-electron chi connectivity index (χ0n) is 10.3. The maximum absolute atomic E-state index is 9.84. The lowest BCUT2D eigenvalue weighted by Gasteiger charge is -2.24. The van der Waals surface area contributed by atoms with Crippen LogP contribution in [0.5, 0.6) is 0 Å². The van der Waals surface area contributed by atoms with Crippen LogP contribution in [0.1, 0.15) is 32.6 Å². The van der Waals surface area contributed by atoms with Crippen LogP contribution in [-0.2, 0) is 4.57 Å². The summed E-state index contributed by atoms with van der Waals surface area (Å²) in [6.07, 6.45) is 5.66. The van der Waals surface area contributed by atoms with Gasteiger partial charge >= 0.3 is 7.60 Å². The van der Waals surface area contributed by atoms with Gasteiger partial charge in [0.2, 0.25) is 0 Å². The molecule has 2 saturated carbocycles. The second-order valence-corrected chi connectivity index (χ2v) is 7.43. The van der Waals surface area contributed by atoms with Gasteiger partial charge < -0.3 is 15.5 Å². The molecule has 2 bridgehead atoms. The van der Waals surface area contributed by atoms with Gasteiger partial charge in [-0.15, -0.1) is 11.6 Å². The van der Waals surface area contributed by atoms with E-state index in [9.17, 15) is 4.57 Å². The number of fused-ring (bicyclic) bond motifs is 2. The highest BCUT2D eigenvalue weighted by molar-refractivity contribution is 7.51. The second kappa shape index (κ2) is 6.53. The van der Waals surface area contributed by atoms with E-state index in [2.05, 4.69) is 6.92 Å². The van der Waals surface area contributed by atoms with Crippen LogP contribution in [0.25, 0.3) is 0 Å². The third kappa shape index (κ3) is 5.27. The van der Waals surface area contributed by atoms with Crippen LogP contribution in [-0.4, -0.2) is 27.9 Å². The summed E-state index contributed by atoms with van der Waals surface area (Å²) >= 11 is 4.99. The van der Waals surface area contributed by atoms with Crippen molar-refractivity contribution in [3.63, 3.8) is 0 Å². The SMILES string of the molecule is CC(N)C1CC2CCC1C2.O=P(O)(O)CCCl. The van der Waals surface area contributed by atoms with Crippen molar-refractivity contribution in [2.24, 2.45) is 23.5 Å². The van der Waals surface area contributed by atoms with Gasteiger partial charge in [0, 0.05) is 11.9 Å². The molecule has 2 fully saturated rings. The molecule has 0 aliphatic heterocycles. The number of nitrogens with two attached hydrogens (primary N) is 1. The smallest absolute Gasteiger partial charge is 0.326 e. The first-order valence-electron chi connectivity index (χ1n) is 6.19. The Hall–Kier alpha value is 0.400. The van der Waals surface area contributed by atoms with Gasteiger partial charge in [0.25, 0.3) is 0 Å². The van der Waals surface area contributed by atoms with Crippen LogP contribution in [0.2, 0.25) is 0 Å². The molecule has 0 saturated heterocycles. The van der Waals surface area contributed by atoms with E-state index in [1.807, 2.05) is 0 Å². The van der Waals surface area contributed by atoms with Gasteiger partial charge in [-0.1, -0.05) is 6.42 Å². The van der Waals surface area contributed by atoms with Gasteiger partial charge in [-0.05, 0) is 43.9 Å². The Labute approximate surface area is 108 Å². The first kappa shape index (κ1) is 15.5. The average Bonchev–Trinajstić information content (AvgIpc) is 2.77. The Kier molecular flexibility index (Phi) is 5.94. The van der Waals surface area contributed by atoms with Gasteiger partial charge in [0.05, 0.1) is 6.16 Å². The van der Waals surface area contributed by atoms with Gasteiger partial charge in [-0.2, -0.15) is 0 Å². The molecule has 4 unspecified atom stereocenters. The Morgan fingerprint density at radius 3 is 2.24 bits per heavy atom. The van der Waals surface area contributed by atoms with E-state index in [-0.39, 0.29) is 12.0 Å². The molecule has 0 aromatic carbocycles. The van der Waals surface area contributed by atoms with E-state index in [0.717, 1.165) is 17.8 Å². The highest BCUT2D eigenvalue weighted by Crippen LogP contribution is 2.49. The van der Waals surface area contributed by atoms with Crippen molar-refractivity contribution in [2.75, 3.05) is 12.0 Å². The van der Waals surface area contributed by atoms with Crippen LogP contribution in [0.15, 0.2) is 0 Å². The number of halogens is 1. The van der Waals surface area contributed by atoms with E-state index in [1.54, 1.807) is 0 Å². The summed E-state index contributed by atoms with van der Waals surface area (Å²) < 4.78 is 9.84. The molecular weight excluding hydrogens is 261 g/mol. The van der Waals surface area contributed by atoms with Crippen molar-refractivity contribution in [3.05, 3.63) is 0 Å². The van der Waals surface area contributed by atoms with Crippen molar-refractivity contribution >= 4 is 19.2 Å². The second-order valence-electron chi connectivity index (χ2n) is 5.28. The van der Waals surface area contributed by atoms with E-state index >= 15 is 0 Å². The number of hydrogen-bond acceptors (Lipinski definition) is 2. The fourth-order valence-electron chi connectivity index (χ4n) is 3.05. The summed E-state index contributed by atoms with van der Waals surface area (Å²) in [5.74, 6) is 2.95. The summed E-state index contributed by atoms with van der Waals surface area (Å²) in [6, 6.07) is 0.454. The average molecular weight is 284 g/mol. The van der Waals surface area contributed by atoms with E-state index < -0.39 is 7.60 Å². The molecule has 4 atom stereocenters. The molecule has 102 valence electrons. The molecule has 0 aromatic rings. The summed E-state index contributed by atoms with van der Waals surface area (Å²) in [4.78, 5) is 16.1. The first-order chi connectivity index (χ1) is 7.83. The monoisotopic (exact) mass is 283 g/mol. The molecule has 6 heteroatoms. The molecule has 2 aliphatic rings. The Bertz CT molecular complexity index is 282. The molecular formula is C11H23ClNO3P. The van der Waals surface area contributed by atoms with E-state index in [1.165, 1.54) is 25.7 Å². The lowest BCUT2D eigenvalue weighted by atomic mass is 9.84. The van der Waals surface area contributed by atoms with Crippen molar-refractivity contribution < 1.29 is 14.4 Å². The lowest BCUT2D eigenvalue weighted by Crippen LogP contribution is -2.30. The Morgan fingerprint density at radius 1 is 1.41 bits per heavy atom. The lowest BCUT2D eigenvalue weighted by molar-refractivity contribution is 0.293. The minimum atomic E-state index is -3.80. The zero-order valence-corrected chi connectivity index (χ0v) is 11.9. The third-order valence-corrected chi connectivity index (χ3v) is 5.10. The topological polar surface area (TPSA) is 83.6 Å². The Balaban J connectivity index is 0.000000185. The molecule has 2 aliphatic carbocycles. The van der Waals surface area contributed by atoms with E-state index in [4.69, 9.17) is 27.1 Å². The van der Waals surface area contributed by atoms with Crippen molar-refractivity contribution in [1.82, 2.24) is 0 Å². The predicted octanol–water partition coefficient (Wildman–Crippen LogP) is 2.17.